The third-order valence-corrected chi connectivity index (χ3v) is 11.9. The molecule has 11 rings (SSSR count). The Labute approximate surface area is 367 Å². The van der Waals surface area contributed by atoms with Crippen LogP contribution < -0.4 is 4.90 Å². The van der Waals surface area contributed by atoms with Crippen molar-refractivity contribution in [3.8, 4) is 67.3 Å². The van der Waals surface area contributed by atoms with Gasteiger partial charge in [-0.1, -0.05) is 212 Å². The van der Waals surface area contributed by atoms with E-state index in [9.17, 15) is 0 Å². The number of hydrogen-bond donors (Lipinski definition) is 0. The molecule has 1 heterocycles. The molecule has 0 atom stereocenters. The van der Waals surface area contributed by atoms with E-state index in [1.54, 1.807) is 0 Å². The van der Waals surface area contributed by atoms with Gasteiger partial charge in [0.2, 0.25) is 0 Å². The number of rotatable bonds is 9. The molecule has 63 heavy (non-hydrogen) atoms. The second kappa shape index (κ2) is 16.6. The van der Waals surface area contributed by atoms with E-state index in [2.05, 4.69) is 235 Å². The maximum absolute atomic E-state index is 5.11. The first-order valence-electron chi connectivity index (χ1n) is 21.4. The summed E-state index contributed by atoms with van der Waals surface area (Å²) in [6.45, 7) is 0. The first-order chi connectivity index (χ1) is 31.2. The number of benzene rings is 10. The number of fused-ring (bicyclic) bond motifs is 2. The molecule has 0 aliphatic carbocycles. The van der Waals surface area contributed by atoms with E-state index in [-0.39, 0.29) is 0 Å². The average molecular weight is 804 g/mol. The minimum absolute atomic E-state index is 0.707. The SMILES string of the molecule is c1ccc(-c2ccc(-c3ccc(N(c4ccc(-c5ccc(-c6cc(-c7cccc8ccccc78)nc(-c7ccccc7)n6)cc5)cc4)c4cccc5ccccc45)cc3)cc2)cc1. The van der Waals surface area contributed by atoms with E-state index in [4.69, 9.17) is 9.97 Å². The number of anilines is 3. The molecule has 0 saturated heterocycles. The van der Waals surface area contributed by atoms with Gasteiger partial charge in [-0.15, -0.1) is 0 Å². The highest BCUT2D eigenvalue weighted by atomic mass is 15.1. The Balaban J connectivity index is 0.918. The molecule has 0 aliphatic heterocycles. The lowest BCUT2D eigenvalue weighted by Crippen LogP contribution is -2.10. The lowest BCUT2D eigenvalue weighted by atomic mass is 9.99. The fraction of sp³-hybridized carbons (Fsp3) is 0. The number of nitrogens with zero attached hydrogens (tertiary/aromatic N) is 3. The van der Waals surface area contributed by atoms with Gasteiger partial charge in [-0.25, -0.2) is 9.97 Å². The predicted molar refractivity (Wildman–Crippen MR) is 264 cm³/mol. The fourth-order valence-corrected chi connectivity index (χ4v) is 8.65. The van der Waals surface area contributed by atoms with Crippen molar-refractivity contribution in [2.24, 2.45) is 0 Å². The van der Waals surface area contributed by atoms with Crippen molar-refractivity contribution in [3.05, 3.63) is 249 Å². The normalized spacial score (nSPS) is 11.2. The van der Waals surface area contributed by atoms with Crippen molar-refractivity contribution < 1.29 is 0 Å². The number of hydrogen-bond acceptors (Lipinski definition) is 3. The van der Waals surface area contributed by atoms with Gasteiger partial charge in [0.25, 0.3) is 0 Å². The summed E-state index contributed by atoms with van der Waals surface area (Å²) >= 11 is 0. The van der Waals surface area contributed by atoms with Crippen LogP contribution in [0.25, 0.3) is 88.8 Å². The van der Waals surface area contributed by atoms with Gasteiger partial charge in [-0.3, -0.25) is 0 Å². The first-order valence-corrected chi connectivity index (χ1v) is 21.4. The predicted octanol–water partition coefficient (Wildman–Crippen LogP) is 16.3. The van der Waals surface area contributed by atoms with Crippen LogP contribution in [0.5, 0.6) is 0 Å². The average Bonchev–Trinajstić information content (AvgIpc) is 3.37. The Morgan fingerprint density at radius 1 is 0.270 bits per heavy atom. The van der Waals surface area contributed by atoms with Crippen molar-refractivity contribution in [1.82, 2.24) is 9.97 Å². The van der Waals surface area contributed by atoms with Crippen LogP contribution in [-0.2, 0) is 0 Å². The summed E-state index contributed by atoms with van der Waals surface area (Å²) in [5.74, 6) is 0.707. The molecule has 10 aromatic carbocycles. The Kier molecular flexibility index (Phi) is 9.89. The van der Waals surface area contributed by atoms with Crippen LogP contribution in [0, 0.1) is 0 Å². The summed E-state index contributed by atoms with van der Waals surface area (Å²) in [5.41, 5.74) is 15.3. The number of aromatic nitrogens is 2. The summed E-state index contributed by atoms with van der Waals surface area (Å²) in [5, 5.41) is 4.76. The van der Waals surface area contributed by atoms with Crippen LogP contribution in [0.3, 0.4) is 0 Å². The minimum Gasteiger partial charge on any atom is -0.310 e. The van der Waals surface area contributed by atoms with Crippen molar-refractivity contribution in [2.75, 3.05) is 4.90 Å². The summed E-state index contributed by atoms with van der Waals surface area (Å²) in [6, 6.07) is 88.3. The molecular weight excluding hydrogens is 763 g/mol. The Morgan fingerprint density at radius 2 is 0.667 bits per heavy atom. The van der Waals surface area contributed by atoms with Gasteiger partial charge < -0.3 is 4.90 Å². The van der Waals surface area contributed by atoms with Gasteiger partial charge in [-0.05, 0) is 85.9 Å². The van der Waals surface area contributed by atoms with E-state index in [0.29, 0.717) is 5.82 Å². The summed E-state index contributed by atoms with van der Waals surface area (Å²) < 4.78 is 0. The molecule has 296 valence electrons. The fourth-order valence-electron chi connectivity index (χ4n) is 8.65. The van der Waals surface area contributed by atoms with Crippen molar-refractivity contribution in [2.45, 2.75) is 0 Å². The van der Waals surface area contributed by atoms with Gasteiger partial charge in [0.05, 0.1) is 17.1 Å². The van der Waals surface area contributed by atoms with Gasteiger partial charge >= 0.3 is 0 Å². The van der Waals surface area contributed by atoms with Gasteiger partial charge in [-0.2, -0.15) is 0 Å². The molecule has 0 amide bonds. The maximum Gasteiger partial charge on any atom is 0.160 e. The lowest BCUT2D eigenvalue weighted by molar-refractivity contribution is 1.18. The van der Waals surface area contributed by atoms with Crippen molar-refractivity contribution >= 4 is 38.6 Å². The van der Waals surface area contributed by atoms with E-state index in [1.165, 1.54) is 43.8 Å². The molecule has 0 spiro atoms. The largest absolute Gasteiger partial charge is 0.310 e. The molecule has 0 saturated carbocycles. The van der Waals surface area contributed by atoms with E-state index >= 15 is 0 Å². The summed E-state index contributed by atoms with van der Waals surface area (Å²) in [4.78, 5) is 12.6. The van der Waals surface area contributed by atoms with Crippen LogP contribution in [0.1, 0.15) is 0 Å². The zero-order chi connectivity index (χ0) is 42.0. The van der Waals surface area contributed by atoms with Gasteiger partial charge in [0.1, 0.15) is 0 Å². The van der Waals surface area contributed by atoms with Gasteiger partial charge in [0, 0.05) is 33.5 Å². The molecule has 0 N–H and O–H groups in total. The second-order valence-electron chi connectivity index (χ2n) is 15.8. The smallest absolute Gasteiger partial charge is 0.160 e. The van der Waals surface area contributed by atoms with E-state index in [1.807, 2.05) is 18.2 Å². The molecule has 11 aromatic rings. The highest BCUT2D eigenvalue weighted by molar-refractivity contribution is 5.99. The van der Waals surface area contributed by atoms with Crippen LogP contribution in [-0.4, -0.2) is 9.97 Å². The molecule has 0 unspecified atom stereocenters. The Morgan fingerprint density at radius 3 is 1.24 bits per heavy atom. The Bertz CT molecular complexity index is 3330. The summed E-state index contributed by atoms with van der Waals surface area (Å²) in [6.07, 6.45) is 0. The molecular formula is C60H41N3. The maximum atomic E-state index is 5.11. The van der Waals surface area contributed by atoms with Crippen LogP contribution in [0.15, 0.2) is 249 Å². The van der Waals surface area contributed by atoms with Gasteiger partial charge in [0.15, 0.2) is 5.82 Å². The van der Waals surface area contributed by atoms with E-state index < -0.39 is 0 Å². The third-order valence-electron chi connectivity index (χ3n) is 11.9. The van der Waals surface area contributed by atoms with Crippen LogP contribution in [0.4, 0.5) is 17.1 Å². The highest BCUT2D eigenvalue weighted by Crippen LogP contribution is 2.41. The molecule has 3 heteroatoms. The molecule has 1 aromatic heterocycles. The minimum atomic E-state index is 0.707. The van der Waals surface area contributed by atoms with Crippen LogP contribution in [0.2, 0.25) is 0 Å². The zero-order valence-electron chi connectivity index (χ0n) is 34.5. The Hall–Kier alpha value is -8.40. The first kappa shape index (κ1) is 37.6. The highest BCUT2D eigenvalue weighted by Gasteiger charge is 2.17. The molecule has 3 nitrogen and oxygen atoms in total. The monoisotopic (exact) mass is 803 g/mol. The van der Waals surface area contributed by atoms with Crippen molar-refractivity contribution in [3.63, 3.8) is 0 Å². The lowest BCUT2D eigenvalue weighted by Gasteiger charge is -2.27. The molecule has 0 aliphatic rings. The molecule has 0 bridgehead atoms. The van der Waals surface area contributed by atoms with E-state index in [0.717, 1.165) is 56.3 Å². The standard InChI is InChI=1S/C60H41N3/c1-3-13-42(14-4-1)43-25-27-44(28-26-43)46-33-37-52(38-34-46)63(59-24-12-20-49-16-8-10-22-55(49)59)53-39-35-47(36-40-53)45-29-31-50(32-30-45)57-41-58(62-60(61-57)51-17-5-2-6-18-51)56-23-11-19-48-15-7-9-21-54(48)56/h1-41H. The summed E-state index contributed by atoms with van der Waals surface area (Å²) in [7, 11) is 0. The van der Waals surface area contributed by atoms with Crippen LogP contribution >= 0.6 is 0 Å². The third kappa shape index (κ3) is 7.54. The zero-order valence-corrected chi connectivity index (χ0v) is 34.5. The molecule has 0 fully saturated rings. The second-order valence-corrected chi connectivity index (χ2v) is 15.8. The molecule has 0 radical (unpaired) electrons. The topological polar surface area (TPSA) is 29.0 Å². The van der Waals surface area contributed by atoms with Crippen molar-refractivity contribution in [1.29, 1.82) is 0 Å². The quantitative estimate of drug-likeness (QED) is 0.146.